The molecule has 0 bridgehead atoms. The molecule has 0 aliphatic heterocycles. The lowest BCUT2D eigenvalue weighted by Gasteiger charge is -2.29. The summed E-state index contributed by atoms with van der Waals surface area (Å²) in [5.74, 6) is -1.72. The van der Waals surface area contributed by atoms with E-state index < -0.39 is 23.8 Å². The molecule has 0 radical (unpaired) electrons. The molecule has 3 amide bonds. The Morgan fingerprint density at radius 1 is 1.02 bits per heavy atom. The molecule has 2 aromatic carbocycles. The number of amides is 3. The lowest BCUT2D eigenvalue weighted by Crippen LogP contribution is -2.43. The standard InChI is InChI=1S/C30H30FN5O4S/c31-20-15-13-19(14-16-20)18-33-29(38)26(23-12-7-17-40-23)36(22-10-5-2-6-11-22)30(39)27-24(32)25(35-41-27)28(37)34-21-8-3-1-4-9-21/h2,5-7,10-17,21,26H,1,3-4,8-9,18,32H2,(H,33,38)(H,34,37)/t26-/m1/s1. The first-order valence-electron chi connectivity index (χ1n) is 13.4. The van der Waals surface area contributed by atoms with Gasteiger partial charge in [-0.25, -0.2) is 4.39 Å². The summed E-state index contributed by atoms with van der Waals surface area (Å²) in [5, 5.41) is 5.81. The SMILES string of the molecule is Nc1c(C(=O)NC2CCCCC2)nsc1C(=O)N(c1ccccc1)[C@@H](C(=O)NCc1ccc(F)cc1)c1ccco1. The van der Waals surface area contributed by atoms with E-state index in [1.54, 1.807) is 54.6 Å². The van der Waals surface area contributed by atoms with E-state index in [4.69, 9.17) is 10.2 Å². The molecule has 0 spiro atoms. The van der Waals surface area contributed by atoms with Gasteiger partial charge in [-0.2, -0.15) is 4.37 Å². The van der Waals surface area contributed by atoms with Crippen LogP contribution in [0.2, 0.25) is 0 Å². The Bertz CT molecular complexity index is 1490. The molecule has 2 aromatic heterocycles. The highest BCUT2D eigenvalue weighted by Crippen LogP contribution is 2.33. The summed E-state index contributed by atoms with van der Waals surface area (Å²) >= 11 is 0.811. The maximum Gasteiger partial charge on any atom is 0.273 e. The summed E-state index contributed by atoms with van der Waals surface area (Å²) in [7, 11) is 0. The van der Waals surface area contributed by atoms with Gasteiger partial charge in [-0.1, -0.05) is 49.6 Å². The van der Waals surface area contributed by atoms with E-state index in [1.165, 1.54) is 23.3 Å². The number of para-hydroxylation sites is 1. The molecule has 1 fully saturated rings. The van der Waals surface area contributed by atoms with E-state index in [2.05, 4.69) is 15.0 Å². The van der Waals surface area contributed by atoms with Crippen LogP contribution >= 0.6 is 11.5 Å². The van der Waals surface area contributed by atoms with Gasteiger partial charge in [0.1, 0.15) is 16.5 Å². The number of nitrogens with one attached hydrogen (secondary N) is 2. The van der Waals surface area contributed by atoms with E-state index >= 15 is 0 Å². The van der Waals surface area contributed by atoms with Gasteiger partial charge in [-0.05, 0) is 66.3 Å². The van der Waals surface area contributed by atoms with Crippen molar-refractivity contribution in [2.24, 2.45) is 0 Å². The van der Waals surface area contributed by atoms with Crippen molar-refractivity contribution in [1.82, 2.24) is 15.0 Å². The number of nitrogen functional groups attached to an aromatic ring is 1. The van der Waals surface area contributed by atoms with Gasteiger partial charge in [-0.3, -0.25) is 19.3 Å². The molecule has 1 atom stereocenters. The summed E-state index contributed by atoms with van der Waals surface area (Å²) in [6, 6.07) is 16.4. The van der Waals surface area contributed by atoms with Gasteiger partial charge in [0.05, 0.1) is 12.0 Å². The van der Waals surface area contributed by atoms with Crippen molar-refractivity contribution in [2.75, 3.05) is 10.6 Å². The topological polar surface area (TPSA) is 131 Å². The van der Waals surface area contributed by atoms with Crippen molar-refractivity contribution in [1.29, 1.82) is 0 Å². The Morgan fingerprint density at radius 2 is 1.76 bits per heavy atom. The predicted octanol–water partition coefficient (Wildman–Crippen LogP) is 5.22. The van der Waals surface area contributed by atoms with Gasteiger partial charge < -0.3 is 20.8 Å². The maximum absolute atomic E-state index is 14.2. The lowest BCUT2D eigenvalue weighted by molar-refractivity contribution is -0.123. The highest BCUT2D eigenvalue weighted by Gasteiger charge is 2.37. The Kier molecular flexibility index (Phi) is 8.73. The minimum atomic E-state index is -1.22. The third-order valence-corrected chi connectivity index (χ3v) is 7.88. The van der Waals surface area contributed by atoms with Crippen molar-refractivity contribution in [2.45, 2.75) is 50.7 Å². The zero-order chi connectivity index (χ0) is 28.8. The summed E-state index contributed by atoms with van der Waals surface area (Å²) in [5.41, 5.74) is 7.39. The monoisotopic (exact) mass is 575 g/mol. The molecule has 0 unspecified atom stereocenters. The second-order valence-electron chi connectivity index (χ2n) is 9.86. The first-order valence-corrected chi connectivity index (χ1v) is 14.2. The van der Waals surface area contributed by atoms with Crippen LogP contribution in [-0.2, 0) is 11.3 Å². The average molecular weight is 576 g/mol. The molecule has 9 nitrogen and oxygen atoms in total. The average Bonchev–Trinajstić information content (AvgIpc) is 3.66. The Balaban J connectivity index is 1.46. The van der Waals surface area contributed by atoms with Crippen LogP contribution in [-0.4, -0.2) is 28.1 Å². The van der Waals surface area contributed by atoms with Crippen molar-refractivity contribution in [3.05, 3.63) is 101 Å². The number of hydrogen-bond donors (Lipinski definition) is 3. The van der Waals surface area contributed by atoms with Crippen LogP contribution in [0.4, 0.5) is 15.8 Å². The zero-order valence-corrected chi connectivity index (χ0v) is 23.0. The van der Waals surface area contributed by atoms with Crippen LogP contribution in [0.5, 0.6) is 0 Å². The van der Waals surface area contributed by atoms with Gasteiger partial charge in [0.15, 0.2) is 11.7 Å². The van der Waals surface area contributed by atoms with Gasteiger partial charge in [0.25, 0.3) is 17.7 Å². The largest absolute Gasteiger partial charge is 0.467 e. The number of nitrogens with two attached hydrogens (primary N) is 1. The number of furan rings is 1. The number of rotatable bonds is 9. The minimum Gasteiger partial charge on any atom is -0.467 e. The smallest absolute Gasteiger partial charge is 0.273 e. The molecule has 0 saturated heterocycles. The molecule has 5 rings (SSSR count). The Morgan fingerprint density at radius 3 is 2.44 bits per heavy atom. The molecule has 1 aliphatic rings. The third-order valence-electron chi connectivity index (χ3n) is 7.03. The first kappa shape index (κ1) is 28.0. The maximum atomic E-state index is 14.2. The number of halogens is 1. The van der Waals surface area contributed by atoms with E-state index in [0.29, 0.717) is 11.3 Å². The van der Waals surface area contributed by atoms with Crippen LogP contribution in [0.15, 0.2) is 77.4 Å². The van der Waals surface area contributed by atoms with Crippen molar-refractivity contribution in [3.8, 4) is 0 Å². The zero-order valence-electron chi connectivity index (χ0n) is 22.2. The minimum absolute atomic E-state index is 0.00718. The molecule has 1 saturated carbocycles. The Hall–Kier alpha value is -4.51. The van der Waals surface area contributed by atoms with Crippen molar-refractivity contribution in [3.63, 3.8) is 0 Å². The normalized spacial score (nSPS) is 14.3. The molecule has 212 valence electrons. The molecule has 4 aromatic rings. The second-order valence-corrected chi connectivity index (χ2v) is 10.6. The first-order chi connectivity index (χ1) is 19.9. The molecule has 41 heavy (non-hydrogen) atoms. The van der Waals surface area contributed by atoms with E-state index in [1.807, 2.05) is 0 Å². The number of nitrogens with zero attached hydrogens (tertiary/aromatic N) is 2. The van der Waals surface area contributed by atoms with E-state index in [9.17, 15) is 18.8 Å². The van der Waals surface area contributed by atoms with Gasteiger partial charge in [0.2, 0.25) is 0 Å². The van der Waals surface area contributed by atoms with Crippen LogP contribution < -0.4 is 21.3 Å². The number of carbonyl (C=O) groups is 3. The summed E-state index contributed by atoms with van der Waals surface area (Å²) < 4.78 is 23.2. The van der Waals surface area contributed by atoms with Crippen LogP contribution in [0.1, 0.15) is 69.6 Å². The summed E-state index contributed by atoms with van der Waals surface area (Å²) in [6.45, 7) is 0.0985. The van der Waals surface area contributed by atoms with E-state index in [0.717, 1.165) is 43.6 Å². The fraction of sp³-hybridized carbons (Fsp3) is 0.267. The molecule has 1 aliphatic carbocycles. The quantitative estimate of drug-likeness (QED) is 0.251. The Labute approximate surface area is 240 Å². The van der Waals surface area contributed by atoms with Crippen LogP contribution in [0, 0.1) is 5.82 Å². The molecular weight excluding hydrogens is 545 g/mol. The fourth-order valence-corrected chi connectivity index (χ4v) is 5.64. The lowest BCUT2D eigenvalue weighted by atomic mass is 9.95. The van der Waals surface area contributed by atoms with Crippen LogP contribution in [0.3, 0.4) is 0 Å². The molecule has 4 N–H and O–H groups in total. The predicted molar refractivity (Wildman–Crippen MR) is 154 cm³/mol. The fourth-order valence-electron chi connectivity index (χ4n) is 4.91. The summed E-state index contributed by atoms with van der Waals surface area (Å²) in [4.78, 5) is 42.2. The van der Waals surface area contributed by atoms with Gasteiger partial charge in [0, 0.05) is 18.3 Å². The van der Waals surface area contributed by atoms with Crippen LogP contribution in [0.25, 0.3) is 0 Å². The summed E-state index contributed by atoms with van der Waals surface area (Å²) in [6.07, 6.45) is 6.43. The van der Waals surface area contributed by atoms with Gasteiger partial charge in [-0.15, -0.1) is 0 Å². The van der Waals surface area contributed by atoms with Crippen molar-refractivity contribution >= 4 is 40.6 Å². The number of hydrogen-bond acceptors (Lipinski definition) is 7. The van der Waals surface area contributed by atoms with E-state index in [-0.39, 0.29) is 40.4 Å². The number of aromatic nitrogens is 1. The second kappa shape index (κ2) is 12.8. The highest BCUT2D eigenvalue weighted by molar-refractivity contribution is 7.09. The number of carbonyl (C=O) groups excluding carboxylic acids is 3. The van der Waals surface area contributed by atoms with Gasteiger partial charge >= 0.3 is 0 Å². The third kappa shape index (κ3) is 6.46. The molecule has 2 heterocycles. The number of anilines is 2. The highest BCUT2D eigenvalue weighted by atomic mass is 32.1. The number of benzene rings is 2. The molecule has 11 heteroatoms. The van der Waals surface area contributed by atoms with Crippen molar-refractivity contribution < 1.29 is 23.2 Å². The molecular formula is C30H30FN5O4S.